The number of hydrogen-bond donors (Lipinski definition) is 0. The monoisotopic (exact) mass is 312 g/mol. The molecule has 0 atom stereocenters. The van der Waals surface area contributed by atoms with Gasteiger partial charge in [-0.15, -0.1) is 0 Å². The molecule has 0 amide bonds. The molecule has 0 radical (unpaired) electrons. The van der Waals surface area contributed by atoms with Crippen molar-refractivity contribution in [2.75, 3.05) is 7.11 Å². The Hall–Kier alpha value is -1.72. The fraction of sp³-hybridized carbons (Fsp3) is 0.143. The normalized spacial score (nSPS) is 11.2. The molecule has 0 aliphatic rings. The van der Waals surface area contributed by atoms with Crippen LogP contribution in [0.25, 0.3) is 0 Å². The van der Waals surface area contributed by atoms with E-state index < -0.39 is 9.05 Å². The lowest BCUT2D eigenvalue weighted by molar-refractivity contribution is 0.378. The largest absolute Gasteiger partial charge is 0.493 e. The minimum absolute atomic E-state index is 0.0300. The van der Waals surface area contributed by atoms with E-state index in [-0.39, 0.29) is 4.90 Å². The Morgan fingerprint density at radius 1 is 1.00 bits per heavy atom. The molecule has 0 aliphatic heterocycles. The number of hydrogen-bond acceptors (Lipinski definition) is 4. The van der Waals surface area contributed by atoms with Crippen LogP contribution in [0.15, 0.2) is 47.4 Å². The maximum Gasteiger partial charge on any atom is 0.261 e. The van der Waals surface area contributed by atoms with Crippen molar-refractivity contribution in [3.8, 4) is 17.2 Å². The summed E-state index contributed by atoms with van der Waals surface area (Å²) >= 11 is 0. The molecule has 0 spiro atoms. The number of rotatable bonds is 4. The lowest BCUT2D eigenvalue weighted by atomic mass is 10.2. The zero-order valence-electron chi connectivity index (χ0n) is 11.0. The second kappa shape index (κ2) is 5.73. The summed E-state index contributed by atoms with van der Waals surface area (Å²) in [6, 6.07) is 11.4. The summed E-state index contributed by atoms with van der Waals surface area (Å²) in [5, 5.41) is 0. The average Bonchev–Trinajstić information content (AvgIpc) is 2.40. The molecule has 2 aromatic carbocycles. The molecule has 0 aliphatic carbocycles. The Bertz CT molecular complexity index is 708. The molecule has 0 bridgehead atoms. The highest BCUT2D eigenvalue weighted by atomic mass is 35.7. The van der Waals surface area contributed by atoms with Crippen LogP contribution in [-0.4, -0.2) is 15.5 Å². The summed E-state index contributed by atoms with van der Waals surface area (Å²) in [6.07, 6.45) is 0. The predicted molar refractivity (Wildman–Crippen MR) is 77.3 cm³/mol. The van der Waals surface area contributed by atoms with E-state index in [4.69, 9.17) is 20.2 Å². The first-order chi connectivity index (χ1) is 9.40. The van der Waals surface area contributed by atoms with Gasteiger partial charge in [0.05, 0.1) is 12.0 Å². The van der Waals surface area contributed by atoms with Gasteiger partial charge < -0.3 is 9.47 Å². The van der Waals surface area contributed by atoms with Gasteiger partial charge in [0, 0.05) is 10.7 Å². The molecule has 0 unspecified atom stereocenters. The Labute approximate surface area is 122 Å². The Balaban J connectivity index is 2.27. The summed E-state index contributed by atoms with van der Waals surface area (Å²) in [5.74, 6) is 1.66. The second-order valence-electron chi connectivity index (χ2n) is 4.17. The third-order valence-corrected chi connectivity index (χ3v) is 4.02. The molecule has 0 fully saturated rings. The summed E-state index contributed by atoms with van der Waals surface area (Å²) in [7, 11) is 3.09. The van der Waals surface area contributed by atoms with E-state index in [1.807, 2.05) is 19.1 Å². The Morgan fingerprint density at radius 2 is 1.65 bits per heavy atom. The van der Waals surface area contributed by atoms with Gasteiger partial charge in [-0.25, -0.2) is 8.42 Å². The number of ether oxygens (including phenoxy) is 2. The van der Waals surface area contributed by atoms with E-state index in [1.165, 1.54) is 24.3 Å². The molecule has 6 heteroatoms. The average molecular weight is 313 g/mol. The maximum atomic E-state index is 11.1. The van der Waals surface area contributed by atoms with E-state index in [1.54, 1.807) is 13.2 Å². The van der Waals surface area contributed by atoms with Crippen LogP contribution >= 0.6 is 10.7 Å². The first kappa shape index (κ1) is 14.7. The highest BCUT2D eigenvalue weighted by Crippen LogP contribution is 2.32. The number of halogens is 1. The predicted octanol–water partition coefficient (Wildman–Crippen LogP) is 3.72. The van der Waals surface area contributed by atoms with Crippen molar-refractivity contribution in [1.82, 2.24) is 0 Å². The number of aryl methyl sites for hydroxylation is 1. The standard InChI is InChI=1S/C14H13ClO4S/c1-10-3-8-13(14(9-10)18-2)19-11-4-6-12(7-5-11)20(15,16)17/h3-9H,1-2H3. The third-order valence-electron chi connectivity index (χ3n) is 2.65. The zero-order chi connectivity index (χ0) is 14.8. The molecule has 0 saturated heterocycles. The van der Waals surface area contributed by atoms with Crippen LogP contribution in [0.1, 0.15) is 5.56 Å². The highest BCUT2D eigenvalue weighted by Gasteiger charge is 2.10. The van der Waals surface area contributed by atoms with Gasteiger partial charge in [0.25, 0.3) is 9.05 Å². The van der Waals surface area contributed by atoms with Gasteiger partial charge in [-0.1, -0.05) is 6.07 Å². The van der Waals surface area contributed by atoms with Crippen LogP contribution in [0.4, 0.5) is 0 Å². The number of methoxy groups -OCH3 is 1. The van der Waals surface area contributed by atoms with Crippen molar-refractivity contribution >= 4 is 19.7 Å². The first-order valence-corrected chi connectivity index (χ1v) is 8.08. The van der Waals surface area contributed by atoms with Gasteiger partial charge in [-0.3, -0.25) is 0 Å². The summed E-state index contributed by atoms with van der Waals surface area (Å²) in [4.78, 5) is 0.0300. The Morgan fingerprint density at radius 3 is 2.20 bits per heavy atom. The van der Waals surface area contributed by atoms with Gasteiger partial charge in [0.1, 0.15) is 5.75 Å². The molecule has 20 heavy (non-hydrogen) atoms. The van der Waals surface area contributed by atoms with Crippen molar-refractivity contribution in [3.63, 3.8) is 0 Å². The molecular weight excluding hydrogens is 300 g/mol. The lowest BCUT2D eigenvalue weighted by Gasteiger charge is -2.11. The second-order valence-corrected chi connectivity index (χ2v) is 6.73. The molecular formula is C14H13ClO4S. The van der Waals surface area contributed by atoms with Crippen LogP contribution in [0.3, 0.4) is 0 Å². The van der Waals surface area contributed by atoms with Crippen LogP contribution in [0.2, 0.25) is 0 Å². The highest BCUT2D eigenvalue weighted by molar-refractivity contribution is 8.13. The van der Waals surface area contributed by atoms with Gasteiger partial charge in [-0.2, -0.15) is 0 Å². The first-order valence-electron chi connectivity index (χ1n) is 5.77. The van der Waals surface area contributed by atoms with E-state index in [0.29, 0.717) is 17.2 Å². The summed E-state index contributed by atoms with van der Waals surface area (Å²) in [5.41, 5.74) is 1.05. The zero-order valence-corrected chi connectivity index (χ0v) is 12.5. The van der Waals surface area contributed by atoms with Crippen LogP contribution in [0, 0.1) is 6.92 Å². The van der Waals surface area contributed by atoms with Crippen LogP contribution in [0.5, 0.6) is 17.2 Å². The van der Waals surface area contributed by atoms with Crippen molar-refractivity contribution < 1.29 is 17.9 Å². The molecule has 0 saturated carbocycles. The summed E-state index contributed by atoms with van der Waals surface area (Å²) in [6.45, 7) is 1.95. The van der Waals surface area contributed by atoms with Gasteiger partial charge in [0.15, 0.2) is 11.5 Å². The molecule has 0 aromatic heterocycles. The quantitative estimate of drug-likeness (QED) is 0.807. The Kier molecular flexibility index (Phi) is 4.20. The maximum absolute atomic E-state index is 11.1. The van der Waals surface area contributed by atoms with Crippen molar-refractivity contribution in [2.24, 2.45) is 0 Å². The van der Waals surface area contributed by atoms with Crippen molar-refractivity contribution in [3.05, 3.63) is 48.0 Å². The SMILES string of the molecule is COc1cc(C)ccc1Oc1ccc(S(=O)(=O)Cl)cc1. The molecule has 2 rings (SSSR count). The van der Waals surface area contributed by atoms with Crippen LogP contribution in [-0.2, 0) is 9.05 Å². The molecule has 106 valence electrons. The third kappa shape index (κ3) is 3.43. The van der Waals surface area contributed by atoms with E-state index in [2.05, 4.69) is 0 Å². The van der Waals surface area contributed by atoms with Crippen LogP contribution < -0.4 is 9.47 Å². The molecule has 4 nitrogen and oxygen atoms in total. The summed E-state index contributed by atoms with van der Waals surface area (Å²) < 4.78 is 33.2. The van der Waals surface area contributed by atoms with Crippen molar-refractivity contribution in [1.29, 1.82) is 0 Å². The molecule has 0 N–H and O–H groups in total. The molecule has 2 aromatic rings. The fourth-order valence-corrected chi connectivity index (χ4v) is 2.43. The van der Waals surface area contributed by atoms with E-state index in [0.717, 1.165) is 5.56 Å². The van der Waals surface area contributed by atoms with Gasteiger partial charge in [0.2, 0.25) is 0 Å². The fourth-order valence-electron chi connectivity index (χ4n) is 1.66. The minimum Gasteiger partial charge on any atom is -0.493 e. The topological polar surface area (TPSA) is 52.6 Å². The van der Waals surface area contributed by atoms with Gasteiger partial charge >= 0.3 is 0 Å². The minimum atomic E-state index is -3.72. The van der Waals surface area contributed by atoms with Crippen molar-refractivity contribution in [2.45, 2.75) is 11.8 Å². The van der Waals surface area contributed by atoms with Gasteiger partial charge in [-0.05, 0) is 48.9 Å². The smallest absolute Gasteiger partial charge is 0.261 e. The molecule has 0 heterocycles. The van der Waals surface area contributed by atoms with E-state index >= 15 is 0 Å². The number of benzene rings is 2. The lowest BCUT2D eigenvalue weighted by Crippen LogP contribution is -1.93. The van der Waals surface area contributed by atoms with E-state index in [9.17, 15) is 8.42 Å².